The van der Waals surface area contributed by atoms with Gasteiger partial charge in [-0.2, -0.15) is 10.2 Å². The Hall–Kier alpha value is -2.43. The monoisotopic (exact) mass is 267 g/mol. The number of aryl methyl sites for hydroxylation is 3. The van der Waals surface area contributed by atoms with Gasteiger partial charge in [0.15, 0.2) is 5.82 Å². The predicted molar refractivity (Wildman–Crippen MR) is 77.7 cm³/mol. The van der Waals surface area contributed by atoms with Crippen LogP contribution in [0.1, 0.15) is 18.3 Å². The van der Waals surface area contributed by atoms with Crippen LogP contribution in [0, 0.1) is 13.8 Å². The summed E-state index contributed by atoms with van der Waals surface area (Å²) in [6, 6.07) is 10.3. The Balaban J connectivity index is 1.98. The molecule has 20 heavy (non-hydrogen) atoms. The molecule has 102 valence electrons. The summed E-state index contributed by atoms with van der Waals surface area (Å²) in [4.78, 5) is 4.31. The Kier molecular flexibility index (Phi) is 3.10. The van der Waals surface area contributed by atoms with Gasteiger partial charge < -0.3 is 0 Å². The van der Waals surface area contributed by atoms with E-state index >= 15 is 0 Å². The first-order chi connectivity index (χ1) is 9.69. The quantitative estimate of drug-likeness (QED) is 0.733. The third-order valence-electron chi connectivity index (χ3n) is 3.29. The minimum Gasteiger partial charge on any atom is -0.246 e. The van der Waals surface area contributed by atoms with Crippen LogP contribution in [-0.4, -0.2) is 24.5 Å². The molecule has 0 radical (unpaired) electrons. The Morgan fingerprint density at radius 1 is 1.10 bits per heavy atom. The summed E-state index contributed by atoms with van der Waals surface area (Å²) in [5.41, 5.74) is 4.28. The van der Waals surface area contributed by atoms with Crippen LogP contribution in [-0.2, 0) is 6.54 Å². The Morgan fingerprint density at radius 2 is 1.85 bits per heavy atom. The van der Waals surface area contributed by atoms with Crippen molar-refractivity contribution >= 4 is 0 Å². The van der Waals surface area contributed by atoms with Crippen LogP contribution < -0.4 is 0 Å². The fraction of sp³-hybridized carbons (Fsp3) is 0.267. The number of rotatable bonds is 3. The normalized spacial score (nSPS) is 10.9. The highest BCUT2D eigenvalue weighted by Gasteiger charge is 2.07. The van der Waals surface area contributed by atoms with Crippen molar-refractivity contribution in [2.45, 2.75) is 27.3 Å². The SMILES string of the molecule is CCn1ncnc1-c1ccc(-n2nc(C)cc2C)cc1. The van der Waals surface area contributed by atoms with Gasteiger partial charge in [-0.15, -0.1) is 0 Å². The summed E-state index contributed by atoms with van der Waals surface area (Å²) in [5, 5.41) is 8.69. The van der Waals surface area contributed by atoms with Crippen LogP contribution in [0.15, 0.2) is 36.7 Å². The van der Waals surface area contributed by atoms with E-state index in [4.69, 9.17) is 0 Å². The lowest BCUT2D eigenvalue weighted by Gasteiger charge is -2.06. The minimum absolute atomic E-state index is 0.814. The molecule has 0 aliphatic carbocycles. The maximum absolute atomic E-state index is 4.49. The fourth-order valence-electron chi connectivity index (χ4n) is 2.36. The second-order valence-electron chi connectivity index (χ2n) is 4.79. The zero-order valence-electron chi connectivity index (χ0n) is 11.9. The zero-order valence-corrected chi connectivity index (χ0v) is 11.9. The molecule has 0 aliphatic heterocycles. The molecule has 0 saturated carbocycles. The van der Waals surface area contributed by atoms with Crippen molar-refractivity contribution in [2.24, 2.45) is 0 Å². The van der Waals surface area contributed by atoms with Crippen molar-refractivity contribution in [3.63, 3.8) is 0 Å². The Morgan fingerprint density at radius 3 is 2.45 bits per heavy atom. The third-order valence-corrected chi connectivity index (χ3v) is 3.29. The second-order valence-corrected chi connectivity index (χ2v) is 4.79. The van der Waals surface area contributed by atoms with E-state index in [1.807, 2.05) is 16.3 Å². The van der Waals surface area contributed by atoms with Gasteiger partial charge in [0.2, 0.25) is 0 Å². The fourth-order valence-corrected chi connectivity index (χ4v) is 2.36. The highest BCUT2D eigenvalue weighted by molar-refractivity contribution is 5.57. The number of nitrogens with zero attached hydrogens (tertiary/aromatic N) is 5. The highest BCUT2D eigenvalue weighted by Crippen LogP contribution is 2.19. The van der Waals surface area contributed by atoms with Crippen molar-refractivity contribution < 1.29 is 0 Å². The Labute approximate surface area is 117 Å². The summed E-state index contributed by atoms with van der Waals surface area (Å²) < 4.78 is 3.84. The van der Waals surface area contributed by atoms with Gasteiger partial charge in [0.1, 0.15) is 6.33 Å². The van der Waals surface area contributed by atoms with Crippen LogP contribution in [0.2, 0.25) is 0 Å². The van der Waals surface area contributed by atoms with Crippen molar-refractivity contribution in [3.05, 3.63) is 48.0 Å². The molecule has 0 saturated heterocycles. The average Bonchev–Trinajstić information content (AvgIpc) is 3.05. The summed E-state index contributed by atoms with van der Waals surface area (Å²) in [6.45, 7) is 6.93. The summed E-state index contributed by atoms with van der Waals surface area (Å²) >= 11 is 0. The van der Waals surface area contributed by atoms with E-state index in [2.05, 4.69) is 59.4 Å². The Bertz CT molecular complexity index is 721. The third kappa shape index (κ3) is 2.11. The number of aromatic nitrogens is 5. The van der Waals surface area contributed by atoms with Crippen LogP contribution in [0.4, 0.5) is 0 Å². The molecule has 0 aliphatic rings. The number of hydrogen-bond acceptors (Lipinski definition) is 3. The minimum atomic E-state index is 0.814. The van der Waals surface area contributed by atoms with Crippen LogP contribution in [0.3, 0.4) is 0 Å². The lowest BCUT2D eigenvalue weighted by atomic mass is 10.2. The molecule has 2 heterocycles. The van der Waals surface area contributed by atoms with Crippen LogP contribution in [0.25, 0.3) is 17.1 Å². The van der Waals surface area contributed by atoms with Crippen molar-refractivity contribution in [3.8, 4) is 17.1 Å². The van der Waals surface area contributed by atoms with Gasteiger partial charge >= 0.3 is 0 Å². The molecular weight excluding hydrogens is 250 g/mol. The summed E-state index contributed by atoms with van der Waals surface area (Å²) in [6.07, 6.45) is 1.59. The molecule has 3 aromatic rings. The molecule has 3 rings (SSSR count). The van der Waals surface area contributed by atoms with E-state index in [0.717, 1.165) is 35.0 Å². The maximum atomic E-state index is 4.49. The van der Waals surface area contributed by atoms with E-state index in [1.165, 1.54) is 0 Å². The van der Waals surface area contributed by atoms with E-state index in [-0.39, 0.29) is 0 Å². The highest BCUT2D eigenvalue weighted by atomic mass is 15.3. The van der Waals surface area contributed by atoms with E-state index in [9.17, 15) is 0 Å². The van der Waals surface area contributed by atoms with Crippen molar-refractivity contribution in [2.75, 3.05) is 0 Å². The van der Waals surface area contributed by atoms with Gasteiger partial charge in [0, 0.05) is 17.8 Å². The summed E-state index contributed by atoms with van der Waals surface area (Å²) in [5.74, 6) is 0.896. The predicted octanol–water partition coefficient (Wildman–Crippen LogP) is 2.77. The maximum Gasteiger partial charge on any atom is 0.158 e. The standard InChI is InChI=1S/C15H17N5/c1-4-19-15(16-10-17-19)13-5-7-14(8-6-13)20-12(3)9-11(2)18-20/h5-10H,4H2,1-3H3. The topological polar surface area (TPSA) is 48.5 Å². The average molecular weight is 267 g/mol. The molecule has 0 N–H and O–H groups in total. The lowest BCUT2D eigenvalue weighted by molar-refractivity contribution is 0.666. The largest absolute Gasteiger partial charge is 0.246 e. The molecule has 0 fully saturated rings. The van der Waals surface area contributed by atoms with Crippen molar-refractivity contribution in [1.29, 1.82) is 0 Å². The molecule has 5 nitrogen and oxygen atoms in total. The lowest BCUT2D eigenvalue weighted by Crippen LogP contribution is -2.01. The number of hydrogen-bond donors (Lipinski definition) is 0. The van der Waals surface area contributed by atoms with Gasteiger partial charge in [0.05, 0.1) is 11.4 Å². The van der Waals surface area contributed by atoms with E-state index in [1.54, 1.807) is 6.33 Å². The summed E-state index contributed by atoms with van der Waals surface area (Å²) in [7, 11) is 0. The molecular formula is C15H17N5. The molecule has 0 bridgehead atoms. The van der Waals surface area contributed by atoms with Gasteiger partial charge in [-0.1, -0.05) is 0 Å². The first-order valence-corrected chi connectivity index (χ1v) is 6.71. The molecule has 0 atom stereocenters. The zero-order chi connectivity index (χ0) is 14.1. The molecule has 0 spiro atoms. The first-order valence-electron chi connectivity index (χ1n) is 6.71. The molecule has 2 aromatic heterocycles. The molecule has 0 unspecified atom stereocenters. The van der Waals surface area contributed by atoms with Gasteiger partial charge in [0.25, 0.3) is 0 Å². The smallest absolute Gasteiger partial charge is 0.158 e. The second kappa shape index (κ2) is 4.92. The molecule has 1 aromatic carbocycles. The van der Waals surface area contributed by atoms with E-state index < -0.39 is 0 Å². The van der Waals surface area contributed by atoms with Crippen molar-refractivity contribution in [1.82, 2.24) is 24.5 Å². The molecule has 5 heteroatoms. The van der Waals surface area contributed by atoms with E-state index in [0.29, 0.717) is 0 Å². The number of benzene rings is 1. The first kappa shape index (κ1) is 12.6. The van der Waals surface area contributed by atoms with Crippen LogP contribution in [0.5, 0.6) is 0 Å². The molecule has 0 amide bonds. The van der Waals surface area contributed by atoms with Gasteiger partial charge in [-0.3, -0.25) is 0 Å². The van der Waals surface area contributed by atoms with Crippen LogP contribution >= 0.6 is 0 Å². The van der Waals surface area contributed by atoms with Gasteiger partial charge in [-0.25, -0.2) is 14.3 Å². The van der Waals surface area contributed by atoms with Gasteiger partial charge in [-0.05, 0) is 51.1 Å².